The Hall–Kier alpha value is -1.00. The van der Waals surface area contributed by atoms with Crippen molar-refractivity contribution < 1.29 is 4.79 Å². The molecule has 0 aliphatic carbocycles. The molecule has 2 aliphatic rings. The average molecular weight is 290 g/mol. The normalized spacial score (nSPS) is 24.4. The van der Waals surface area contributed by atoms with E-state index in [1.54, 1.807) is 0 Å². The van der Waals surface area contributed by atoms with Gasteiger partial charge in [-0.1, -0.05) is 30.3 Å². The van der Waals surface area contributed by atoms with Crippen molar-refractivity contribution in [3.63, 3.8) is 0 Å². The van der Waals surface area contributed by atoms with E-state index in [9.17, 15) is 4.79 Å². The number of carbonyl (C=O) groups excluding carboxylic acids is 1. The van der Waals surface area contributed by atoms with E-state index in [4.69, 9.17) is 0 Å². The molecule has 2 fully saturated rings. The minimum atomic E-state index is -0.217. The number of benzene rings is 1. The van der Waals surface area contributed by atoms with E-state index in [2.05, 4.69) is 29.7 Å². The van der Waals surface area contributed by atoms with Crippen LogP contribution in [0, 0.1) is 0 Å². The van der Waals surface area contributed by atoms with Gasteiger partial charge in [0, 0.05) is 25.7 Å². The second-order valence-corrected chi connectivity index (χ2v) is 6.45. The monoisotopic (exact) mass is 290 g/mol. The molecule has 3 rings (SSSR count). The zero-order chi connectivity index (χ0) is 13.9. The number of hydrogen-bond acceptors (Lipinski definition) is 3. The van der Waals surface area contributed by atoms with Crippen LogP contribution in [0.1, 0.15) is 18.4 Å². The van der Waals surface area contributed by atoms with Crippen LogP contribution >= 0.6 is 12.6 Å². The highest BCUT2D eigenvalue weighted by Crippen LogP contribution is 2.22. The topological polar surface area (TPSA) is 23.6 Å². The molecule has 2 atom stereocenters. The molecule has 0 aromatic heterocycles. The fourth-order valence-corrected chi connectivity index (χ4v) is 3.70. The average Bonchev–Trinajstić information content (AvgIpc) is 2.94. The maximum absolute atomic E-state index is 12.5. The summed E-state index contributed by atoms with van der Waals surface area (Å²) in [4.78, 5) is 17.1. The van der Waals surface area contributed by atoms with E-state index in [1.807, 2.05) is 23.1 Å². The molecule has 0 saturated carbocycles. The first kappa shape index (κ1) is 14.0. The predicted molar refractivity (Wildman–Crippen MR) is 84.1 cm³/mol. The van der Waals surface area contributed by atoms with Crippen LogP contribution in [0.4, 0.5) is 0 Å². The van der Waals surface area contributed by atoms with Crippen LogP contribution in [0.5, 0.6) is 0 Å². The van der Waals surface area contributed by atoms with E-state index >= 15 is 0 Å². The summed E-state index contributed by atoms with van der Waals surface area (Å²) in [5, 5.41) is -0.217. The molecule has 0 spiro atoms. The van der Waals surface area contributed by atoms with Crippen molar-refractivity contribution in [2.75, 3.05) is 26.2 Å². The molecule has 3 nitrogen and oxygen atoms in total. The fraction of sp³-hybridized carbons (Fsp3) is 0.562. The van der Waals surface area contributed by atoms with Crippen LogP contribution < -0.4 is 0 Å². The Balaban J connectivity index is 1.58. The minimum Gasteiger partial charge on any atom is -0.339 e. The summed E-state index contributed by atoms with van der Waals surface area (Å²) in [6.07, 6.45) is 3.23. The second kappa shape index (κ2) is 6.19. The smallest absolute Gasteiger partial charge is 0.235 e. The van der Waals surface area contributed by atoms with E-state index in [0.717, 1.165) is 19.6 Å². The Morgan fingerprint density at radius 3 is 2.85 bits per heavy atom. The molecular formula is C16H22N2OS. The molecule has 108 valence electrons. The zero-order valence-corrected chi connectivity index (χ0v) is 12.6. The van der Waals surface area contributed by atoms with Crippen molar-refractivity contribution in [2.45, 2.75) is 30.6 Å². The number of hydrogen-bond donors (Lipinski definition) is 1. The van der Waals surface area contributed by atoms with Crippen LogP contribution in [0.2, 0.25) is 0 Å². The minimum absolute atomic E-state index is 0.198. The summed E-state index contributed by atoms with van der Waals surface area (Å²) in [6, 6.07) is 10.7. The van der Waals surface area contributed by atoms with Gasteiger partial charge in [0.05, 0.1) is 5.25 Å². The van der Waals surface area contributed by atoms with Gasteiger partial charge in [0.25, 0.3) is 0 Å². The third kappa shape index (κ3) is 3.01. The zero-order valence-electron chi connectivity index (χ0n) is 11.7. The van der Waals surface area contributed by atoms with Crippen LogP contribution in [-0.2, 0) is 11.2 Å². The van der Waals surface area contributed by atoms with Crippen molar-refractivity contribution in [1.29, 1.82) is 0 Å². The van der Waals surface area contributed by atoms with Crippen molar-refractivity contribution in [3.8, 4) is 0 Å². The highest BCUT2D eigenvalue weighted by Gasteiger charge is 2.33. The molecule has 2 unspecified atom stereocenters. The molecule has 1 amide bonds. The largest absolute Gasteiger partial charge is 0.339 e. The molecular weight excluding hydrogens is 268 g/mol. The number of amides is 1. The molecule has 2 heterocycles. The van der Waals surface area contributed by atoms with Gasteiger partial charge < -0.3 is 4.90 Å². The molecule has 20 heavy (non-hydrogen) atoms. The molecule has 2 aliphatic heterocycles. The van der Waals surface area contributed by atoms with E-state index in [1.165, 1.54) is 24.9 Å². The van der Waals surface area contributed by atoms with Crippen molar-refractivity contribution in [2.24, 2.45) is 0 Å². The van der Waals surface area contributed by atoms with Crippen molar-refractivity contribution in [3.05, 3.63) is 35.9 Å². The summed E-state index contributed by atoms with van der Waals surface area (Å²) >= 11 is 4.54. The van der Waals surface area contributed by atoms with Crippen LogP contribution in [-0.4, -0.2) is 53.2 Å². The molecule has 1 aromatic carbocycles. The molecule has 1 aromatic rings. The van der Waals surface area contributed by atoms with E-state index in [-0.39, 0.29) is 11.2 Å². The molecule has 0 bridgehead atoms. The first-order valence-corrected chi connectivity index (χ1v) is 8.00. The molecule has 0 radical (unpaired) electrons. The Labute approximate surface area is 126 Å². The number of nitrogens with zero attached hydrogens (tertiary/aromatic N) is 2. The number of fused-ring (bicyclic) bond motifs is 1. The van der Waals surface area contributed by atoms with E-state index in [0.29, 0.717) is 12.5 Å². The highest BCUT2D eigenvalue weighted by atomic mass is 32.1. The van der Waals surface area contributed by atoms with Gasteiger partial charge in [-0.3, -0.25) is 9.69 Å². The SMILES string of the molecule is O=C(C(S)Cc1ccccc1)N1CCN2CCCC2C1. The van der Waals surface area contributed by atoms with Gasteiger partial charge in [-0.25, -0.2) is 0 Å². The summed E-state index contributed by atoms with van der Waals surface area (Å²) in [5.41, 5.74) is 1.18. The first-order chi connectivity index (χ1) is 9.74. The maximum atomic E-state index is 12.5. The predicted octanol–water partition coefficient (Wildman–Crippen LogP) is 1.83. The lowest BCUT2D eigenvalue weighted by atomic mass is 10.1. The molecule has 4 heteroatoms. The van der Waals surface area contributed by atoms with Gasteiger partial charge >= 0.3 is 0 Å². The summed E-state index contributed by atoms with van der Waals surface area (Å²) in [6.45, 7) is 4.00. The number of rotatable bonds is 3. The van der Waals surface area contributed by atoms with Gasteiger partial charge in [0.2, 0.25) is 5.91 Å². The van der Waals surface area contributed by atoms with Crippen molar-refractivity contribution in [1.82, 2.24) is 9.80 Å². The first-order valence-electron chi connectivity index (χ1n) is 7.49. The van der Waals surface area contributed by atoms with Crippen LogP contribution in [0.25, 0.3) is 0 Å². The van der Waals surface area contributed by atoms with Crippen molar-refractivity contribution >= 4 is 18.5 Å². The fourth-order valence-electron chi connectivity index (χ4n) is 3.33. The standard InChI is InChI=1S/C16H22N2OS/c19-16(15(20)11-13-5-2-1-3-6-13)18-10-9-17-8-4-7-14(17)12-18/h1-3,5-6,14-15,20H,4,7-12H2. The summed E-state index contributed by atoms with van der Waals surface area (Å²) in [5.74, 6) is 0.198. The third-order valence-electron chi connectivity index (χ3n) is 4.46. The van der Waals surface area contributed by atoms with Gasteiger partial charge in [0.15, 0.2) is 0 Å². The summed E-state index contributed by atoms with van der Waals surface area (Å²) < 4.78 is 0. The highest BCUT2D eigenvalue weighted by molar-refractivity contribution is 7.81. The maximum Gasteiger partial charge on any atom is 0.235 e. The van der Waals surface area contributed by atoms with Crippen LogP contribution in [0.15, 0.2) is 30.3 Å². The number of piperazine rings is 1. The Bertz CT molecular complexity index is 465. The van der Waals surface area contributed by atoms with Gasteiger partial charge in [-0.2, -0.15) is 12.6 Å². The molecule has 0 N–H and O–H groups in total. The second-order valence-electron chi connectivity index (χ2n) is 5.82. The Morgan fingerprint density at radius 2 is 2.05 bits per heavy atom. The Morgan fingerprint density at radius 1 is 1.25 bits per heavy atom. The van der Waals surface area contributed by atoms with Crippen LogP contribution in [0.3, 0.4) is 0 Å². The van der Waals surface area contributed by atoms with E-state index < -0.39 is 0 Å². The van der Waals surface area contributed by atoms with Gasteiger partial charge in [-0.05, 0) is 31.4 Å². The Kier molecular flexibility index (Phi) is 4.32. The van der Waals surface area contributed by atoms with Gasteiger partial charge in [-0.15, -0.1) is 0 Å². The lowest BCUT2D eigenvalue weighted by molar-refractivity contribution is -0.133. The lowest BCUT2D eigenvalue weighted by Gasteiger charge is -2.38. The third-order valence-corrected chi connectivity index (χ3v) is 4.86. The van der Waals surface area contributed by atoms with Gasteiger partial charge in [0.1, 0.15) is 0 Å². The number of thiol groups is 1. The quantitative estimate of drug-likeness (QED) is 0.859. The summed E-state index contributed by atoms with van der Waals surface area (Å²) in [7, 11) is 0. The lowest BCUT2D eigenvalue weighted by Crippen LogP contribution is -2.53. The molecule has 2 saturated heterocycles. The number of carbonyl (C=O) groups is 1.